The molecule has 0 spiro atoms. The molecule has 3 aromatic rings. The van der Waals surface area contributed by atoms with Gasteiger partial charge in [-0.3, -0.25) is 9.31 Å². The predicted octanol–water partition coefficient (Wildman–Crippen LogP) is 2.49. The van der Waals surface area contributed by atoms with Gasteiger partial charge in [0.25, 0.3) is 0 Å². The molecule has 26 heavy (non-hydrogen) atoms. The maximum absolute atomic E-state index is 11.4. The minimum absolute atomic E-state index is 0.125. The van der Waals surface area contributed by atoms with E-state index in [1.54, 1.807) is 6.07 Å². The van der Waals surface area contributed by atoms with Crippen molar-refractivity contribution in [2.45, 2.75) is 23.0 Å². The Balaban J connectivity index is 1.67. The van der Waals surface area contributed by atoms with Crippen molar-refractivity contribution in [3.8, 4) is 10.7 Å². The Morgan fingerprint density at radius 3 is 2.77 bits per heavy atom. The summed E-state index contributed by atoms with van der Waals surface area (Å²) in [6.45, 7) is 0. The fourth-order valence-electron chi connectivity index (χ4n) is 2.40. The summed E-state index contributed by atoms with van der Waals surface area (Å²) in [6, 6.07) is 6.13. The molecule has 3 N–H and O–H groups in total. The largest absolute Gasteiger partial charge is 0.768 e. The number of carboxylic acid groups (broad SMARTS) is 1. The van der Waals surface area contributed by atoms with Crippen molar-refractivity contribution in [2.75, 3.05) is 5.32 Å². The monoisotopic (exact) mass is 390 g/mol. The highest BCUT2D eigenvalue weighted by atomic mass is 32.2. The molecule has 134 valence electrons. The zero-order valence-electron chi connectivity index (χ0n) is 13.1. The Morgan fingerprint density at radius 2 is 2.12 bits per heavy atom. The van der Waals surface area contributed by atoms with E-state index >= 15 is 0 Å². The molecule has 0 saturated heterocycles. The van der Waals surface area contributed by atoms with Crippen molar-refractivity contribution >= 4 is 40.0 Å². The molecule has 0 aromatic carbocycles. The standard InChI is InChI=1S/C15H13N5O4S2/c21-15(22)9-6-11(17-12-5-8(19-20-12)7-1-2-7)18-14(16-9)10-3-4-13(25-10)26(23)24/h3-7H,1-2H2,(H,21,22)(H,23,24)(H2,16,17,18,19,20)/p-1. The molecule has 1 saturated carbocycles. The summed E-state index contributed by atoms with van der Waals surface area (Å²) in [7, 11) is 0. The molecule has 0 radical (unpaired) electrons. The van der Waals surface area contributed by atoms with Gasteiger partial charge in [0.1, 0.15) is 5.82 Å². The number of H-pyrrole nitrogens is 1. The fraction of sp³-hybridized carbons (Fsp3) is 0.200. The zero-order chi connectivity index (χ0) is 18.3. The third-order valence-electron chi connectivity index (χ3n) is 3.78. The van der Waals surface area contributed by atoms with Gasteiger partial charge in [0.2, 0.25) is 0 Å². The van der Waals surface area contributed by atoms with Crippen molar-refractivity contribution in [1.82, 2.24) is 20.2 Å². The summed E-state index contributed by atoms with van der Waals surface area (Å²) in [5, 5.41) is 19.4. The molecule has 4 rings (SSSR count). The quantitative estimate of drug-likeness (QED) is 0.545. The van der Waals surface area contributed by atoms with E-state index in [-0.39, 0.29) is 21.5 Å². The molecule has 1 aliphatic rings. The Labute approximate surface area is 153 Å². The number of rotatable bonds is 6. The van der Waals surface area contributed by atoms with Crippen LogP contribution in [0.3, 0.4) is 0 Å². The Kier molecular flexibility index (Phi) is 4.26. The Morgan fingerprint density at radius 1 is 1.31 bits per heavy atom. The van der Waals surface area contributed by atoms with E-state index in [1.807, 2.05) is 6.07 Å². The van der Waals surface area contributed by atoms with E-state index in [4.69, 9.17) is 0 Å². The number of aromatic carboxylic acids is 1. The lowest BCUT2D eigenvalue weighted by atomic mass is 10.3. The molecule has 0 amide bonds. The van der Waals surface area contributed by atoms with Crippen LogP contribution in [0.4, 0.5) is 11.6 Å². The second-order valence-electron chi connectivity index (χ2n) is 5.73. The van der Waals surface area contributed by atoms with E-state index in [1.165, 1.54) is 12.1 Å². The summed E-state index contributed by atoms with van der Waals surface area (Å²) in [5.41, 5.74) is 0.828. The first kappa shape index (κ1) is 16.8. The molecule has 1 fully saturated rings. The SMILES string of the molecule is O=C(O)c1cc(Nc2cc(C3CC3)[nH]n2)nc(-c2ccc(S(=O)[O-])s2)n1. The van der Waals surface area contributed by atoms with Gasteiger partial charge in [0.15, 0.2) is 17.3 Å². The van der Waals surface area contributed by atoms with E-state index in [9.17, 15) is 18.7 Å². The number of aromatic amines is 1. The molecule has 1 aliphatic carbocycles. The number of anilines is 2. The minimum atomic E-state index is -2.36. The van der Waals surface area contributed by atoms with Gasteiger partial charge in [0.05, 0.1) is 9.09 Å². The van der Waals surface area contributed by atoms with Crippen LogP contribution < -0.4 is 5.32 Å². The highest BCUT2D eigenvalue weighted by Gasteiger charge is 2.25. The molecule has 9 nitrogen and oxygen atoms in total. The Bertz CT molecular complexity index is 1010. The Hall–Kier alpha value is -2.63. The third kappa shape index (κ3) is 3.49. The van der Waals surface area contributed by atoms with Crippen molar-refractivity contribution in [3.05, 3.63) is 35.7 Å². The van der Waals surface area contributed by atoms with E-state index in [2.05, 4.69) is 25.5 Å². The number of carbonyl (C=O) groups is 1. The maximum atomic E-state index is 11.4. The first-order valence-corrected chi connectivity index (χ1v) is 9.53. The third-order valence-corrected chi connectivity index (χ3v) is 5.78. The average Bonchev–Trinajstić information content (AvgIpc) is 3.15. The van der Waals surface area contributed by atoms with Gasteiger partial charge in [-0.15, -0.1) is 11.3 Å². The van der Waals surface area contributed by atoms with Crippen LogP contribution in [-0.2, 0) is 11.1 Å². The summed E-state index contributed by atoms with van der Waals surface area (Å²) >= 11 is -1.40. The van der Waals surface area contributed by atoms with Crippen molar-refractivity contribution in [3.63, 3.8) is 0 Å². The van der Waals surface area contributed by atoms with Gasteiger partial charge in [-0.2, -0.15) is 5.10 Å². The van der Waals surface area contributed by atoms with Crippen LogP contribution in [0.1, 0.15) is 34.9 Å². The van der Waals surface area contributed by atoms with Crippen LogP contribution >= 0.6 is 11.3 Å². The van der Waals surface area contributed by atoms with Gasteiger partial charge in [-0.1, -0.05) is 0 Å². The van der Waals surface area contributed by atoms with E-state index in [0.717, 1.165) is 29.9 Å². The molecular weight excluding hydrogens is 378 g/mol. The lowest BCUT2D eigenvalue weighted by Gasteiger charge is -2.06. The summed E-state index contributed by atoms with van der Waals surface area (Å²) < 4.78 is 22.2. The van der Waals surface area contributed by atoms with Crippen LogP contribution in [0, 0.1) is 0 Å². The minimum Gasteiger partial charge on any atom is -0.768 e. The highest BCUT2D eigenvalue weighted by molar-refractivity contribution is 7.81. The number of carboxylic acids is 1. The summed E-state index contributed by atoms with van der Waals surface area (Å²) in [5.74, 6) is 0.222. The molecule has 3 heterocycles. The lowest BCUT2D eigenvalue weighted by Crippen LogP contribution is -2.05. The summed E-state index contributed by atoms with van der Waals surface area (Å²) in [6.07, 6.45) is 2.26. The highest BCUT2D eigenvalue weighted by Crippen LogP contribution is 2.39. The van der Waals surface area contributed by atoms with Gasteiger partial charge in [0, 0.05) is 23.7 Å². The first-order chi connectivity index (χ1) is 12.5. The second kappa shape index (κ2) is 6.59. The molecule has 1 atom stereocenters. The topological polar surface area (TPSA) is 144 Å². The molecule has 11 heteroatoms. The van der Waals surface area contributed by atoms with Gasteiger partial charge < -0.3 is 15.0 Å². The number of nitrogens with zero attached hydrogens (tertiary/aromatic N) is 3. The number of nitrogens with one attached hydrogen (secondary N) is 2. The zero-order valence-corrected chi connectivity index (χ0v) is 14.8. The van der Waals surface area contributed by atoms with Crippen LogP contribution in [0.25, 0.3) is 10.7 Å². The number of aromatic nitrogens is 4. The van der Waals surface area contributed by atoms with Gasteiger partial charge in [-0.05, 0) is 36.1 Å². The van der Waals surface area contributed by atoms with Crippen molar-refractivity contribution in [1.29, 1.82) is 0 Å². The van der Waals surface area contributed by atoms with Crippen LogP contribution in [0.15, 0.2) is 28.5 Å². The van der Waals surface area contributed by atoms with E-state index in [0.29, 0.717) is 16.6 Å². The second-order valence-corrected chi connectivity index (χ2v) is 7.98. The molecular formula is C15H12N5O4S2-. The number of thiophene rings is 1. The number of hydrogen-bond acceptors (Lipinski definition) is 8. The number of hydrogen-bond donors (Lipinski definition) is 3. The van der Waals surface area contributed by atoms with Crippen molar-refractivity contribution in [2.24, 2.45) is 0 Å². The molecule has 0 bridgehead atoms. The van der Waals surface area contributed by atoms with Crippen LogP contribution in [0.2, 0.25) is 0 Å². The average molecular weight is 390 g/mol. The first-order valence-electron chi connectivity index (χ1n) is 7.64. The van der Waals surface area contributed by atoms with Gasteiger partial charge in [-0.25, -0.2) is 14.8 Å². The molecule has 1 unspecified atom stereocenters. The molecule has 3 aromatic heterocycles. The van der Waals surface area contributed by atoms with Crippen LogP contribution in [-0.4, -0.2) is 40.0 Å². The fourth-order valence-corrected chi connectivity index (χ4v) is 3.79. The van der Waals surface area contributed by atoms with E-state index < -0.39 is 17.0 Å². The lowest BCUT2D eigenvalue weighted by molar-refractivity contribution is 0.0690. The maximum Gasteiger partial charge on any atom is 0.354 e. The van der Waals surface area contributed by atoms with Crippen molar-refractivity contribution < 1.29 is 18.7 Å². The van der Waals surface area contributed by atoms with Gasteiger partial charge >= 0.3 is 5.97 Å². The molecule has 0 aliphatic heterocycles. The normalized spacial score (nSPS) is 15.0. The summed E-state index contributed by atoms with van der Waals surface area (Å²) in [4.78, 5) is 20.1. The smallest absolute Gasteiger partial charge is 0.354 e. The predicted molar refractivity (Wildman–Crippen MR) is 93.3 cm³/mol. The van der Waals surface area contributed by atoms with Crippen LogP contribution in [0.5, 0.6) is 0 Å².